The molecular weight excluding hydrogens is 252 g/mol. The van der Waals surface area contributed by atoms with Crippen molar-refractivity contribution in [1.29, 1.82) is 0 Å². The van der Waals surface area contributed by atoms with E-state index >= 15 is 0 Å². The van der Waals surface area contributed by atoms with E-state index in [9.17, 15) is 4.79 Å². The van der Waals surface area contributed by atoms with Gasteiger partial charge in [-0.3, -0.25) is 10.1 Å². The summed E-state index contributed by atoms with van der Waals surface area (Å²) in [6, 6.07) is -0.00109. The fourth-order valence-corrected chi connectivity index (χ4v) is 3.28. The first-order valence-corrected chi connectivity index (χ1v) is 8.31. The lowest BCUT2D eigenvalue weighted by molar-refractivity contribution is -0.131. The molecule has 0 saturated carbocycles. The molecule has 1 N–H and O–H groups in total. The lowest BCUT2D eigenvalue weighted by Crippen LogP contribution is -2.39. The van der Waals surface area contributed by atoms with Gasteiger partial charge in [0.15, 0.2) is 0 Å². The van der Waals surface area contributed by atoms with E-state index in [0.29, 0.717) is 12.0 Å². The summed E-state index contributed by atoms with van der Waals surface area (Å²) in [6.45, 7) is 8.14. The van der Waals surface area contributed by atoms with Gasteiger partial charge in [-0.25, -0.2) is 0 Å². The van der Waals surface area contributed by atoms with Crippen LogP contribution in [0.1, 0.15) is 59.3 Å². The van der Waals surface area contributed by atoms with Crippen LogP contribution in [0.15, 0.2) is 0 Å². The van der Waals surface area contributed by atoms with E-state index in [-0.39, 0.29) is 18.1 Å². The molecule has 2 saturated heterocycles. The number of amides is 1. The third-order valence-electron chi connectivity index (χ3n) is 4.49. The first-order valence-electron chi connectivity index (χ1n) is 8.31. The topological polar surface area (TPSA) is 41.6 Å². The molecule has 3 unspecified atom stereocenters. The normalized spacial score (nSPS) is 31.3. The number of nitrogens with zero attached hydrogens (tertiary/aromatic N) is 1. The van der Waals surface area contributed by atoms with Crippen molar-refractivity contribution in [1.82, 2.24) is 10.2 Å². The Kier molecular flexibility index (Phi) is 5.85. The van der Waals surface area contributed by atoms with E-state index in [2.05, 4.69) is 31.0 Å². The van der Waals surface area contributed by atoms with Crippen LogP contribution in [0, 0.1) is 5.92 Å². The van der Waals surface area contributed by atoms with Crippen LogP contribution in [-0.4, -0.2) is 42.3 Å². The summed E-state index contributed by atoms with van der Waals surface area (Å²) in [5.74, 6) is 0.645. The van der Waals surface area contributed by atoms with Crippen molar-refractivity contribution in [3.8, 4) is 0 Å². The predicted octanol–water partition coefficient (Wildman–Crippen LogP) is 2.53. The maximum absolute atomic E-state index is 12.5. The van der Waals surface area contributed by atoms with Gasteiger partial charge in [-0.2, -0.15) is 0 Å². The van der Waals surface area contributed by atoms with E-state index in [1.807, 2.05) is 0 Å². The molecule has 4 nitrogen and oxygen atoms in total. The van der Waals surface area contributed by atoms with E-state index in [4.69, 9.17) is 4.74 Å². The largest absolute Gasteiger partial charge is 0.378 e. The Hall–Kier alpha value is -0.610. The summed E-state index contributed by atoms with van der Waals surface area (Å²) in [7, 11) is 0. The summed E-state index contributed by atoms with van der Waals surface area (Å²) in [5, 5.41) is 3.51. The van der Waals surface area contributed by atoms with Crippen LogP contribution >= 0.6 is 0 Å². The van der Waals surface area contributed by atoms with Crippen LogP contribution < -0.4 is 5.32 Å². The number of nitrogens with one attached hydrogen (secondary N) is 1. The summed E-state index contributed by atoms with van der Waals surface area (Å²) < 4.78 is 5.78. The van der Waals surface area contributed by atoms with Gasteiger partial charge in [-0.1, -0.05) is 27.2 Å². The minimum atomic E-state index is -0.00109. The van der Waals surface area contributed by atoms with Crippen LogP contribution in [0.2, 0.25) is 0 Å². The Morgan fingerprint density at radius 3 is 2.75 bits per heavy atom. The Morgan fingerprint density at radius 2 is 2.15 bits per heavy atom. The van der Waals surface area contributed by atoms with Crippen molar-refractivity contribution in [3.05, 3.63) is 0 Å². The molecule has 4 heteroatoms. The van der Waals surface area contributed by atoms with Gasteiger partial charge >= 0.3 is 0 Å². The van der Waals surface area contributed by atoms with E-state index in [0.717, 1.165) is 38.8 Å². The van der Waals surface area contributed by atoms with Crippen LogP contribution in [0.3, 0.4) is 0 Å². The van der Waals surface area contributed by atoms with Crippen molar-refractivity contribution >= 4 is 5.91 Å². The molecule has 0 aliphatic carbocycles. The predicted molar refractivity (Wildman–Crippen MR) is 80.4 cm³/mol. The highest BCUT2D eigenvalue weighted by molar-refractivity contribution is 5.84. The zero-order valence-electron chi connectivity index (χ0n) is 13.2. The molecule has 0 aromatic heterocycles. The molecule has 2 heterocycles. The van der Waals surface area contributed by atoms with Crippen molar-refractivity contribution in [2.24, 2.45) is 5.92 Å². The van der Waals surface area contributed by atoms with Crippen molar-refractivity contribution in [2.45, 2.75) is 77.6 Å². The minimum Gasteiger partial charge on any atom is -0.378 e. The molecule has 0 bridgehead atoms. The molecule has 2 fully saturated rings. The highest BCUT2D eigenvalue weighted by atomic mass is 16.5. The third-order valence-corrected chi connectivity index (χ3v) is 4.49. The van der Waals surface area contributed by atoms with Gasteiger partial charge in [-0.15, -0.1) is 0 Å². The molecule has 2 aliphatic rings. The lowest BCUT2D eigenvalue weighted by atomic mass is 10.0. The van der Waals surface area contributed by atoms with Crippen molar-refractivity contribution < 1.29 is 9.53 Å². The monoisotopic (exact) mass is 282 g/mol. The maximum atomic E-state index is 12.5. The Bertz CT molecular complexity index is 314. The molecule has 0 aromatic rings. The molecule has 2 rings (SSSR count). The number of carbonyl (C=O) groups excluding carboxylic acids is 1. The number of hydrogen-bond acceptors (Lipinski definition) is 3. The molecule has 116 valence electrons. The zero-order chi connectivity index (χ0) is 14.5. The summed E-state index contributed by atoms with van der Waals surface area (Å²) in [6.07, 6.45) is 7.32. The smallest absolute Gasteiger partial charge is 0.241 e. The van der Waals surface area contributed by atoms with Crippen LogP contribution in [0.25, 0.3) is 0 Å². The van der Waals surface area contributed by atoms with Gasteiger partial charge in [0.25, 0.3) is 0 Å². The number of ether oxygens (including phenoxy) is 1. The third kappa shape index (κ3) is 3.73. The molecule has 3 atom stereocenters. The molecule has 0 aromatic carbocycles. The van der Waals surface area contributed by atoms with Crippen molar-refractivity contribution in [3.63, 3.8) is 0 Å². The highest BCUT2D eigenvalue weighted by Crippen LogP contribution is 2.22. The Balaban J connectivity index is 1.90. The second kappa shape index (κ2) is 7.41. The average Bonchev–Trinajstić information content (AvgIpc) is 2.75. The first-order chi connectivity index (χ1) is 9.63. The van der Waals surface area contributed by atoms with Gasteiger partial charge in [0.05, 0.1) is 18.3 Å². The zero-order valence-corrected chi connectivity index (χ0v) is 13.2. The Labute approximate surface area is 123 Å². The SMILES string of the molecule is CCCC1NC(C(C)C)C(=O)N1CCC1CCCCO1. The fraction of sp³-hybridized carbons (Fsp3) is 0.938. The molecule has 0 spiro atoms. The number of rotatable bonds is 6. The molecule has 0 radical (unpaired) electrons. The van der Waals surface area contributed by atoms with Gasteiger partial charge in [0, 0.05) is 13.2 Å². The van der Waals surface area contributed by atoms with Gasteiger partial charge < -0.3 is 9.64 Å². The van der Waals surface area contributed by atoms with Crippen molar-refractivity contribution in [2.75, 3.05) is 13.2 Å². The molecule has 2 aliphatic heterocycles. The summed E-state index contributed by atoms with van der Waals surface area (Å²) >= 11 is 0. The first kappa shape index (κ1) is 15.8. The number of hydrogen-bond donors (Lipinski definition) is 1. The molecular formula is C16H30N2O2. The maximum Gasteiger partial charge on any atom is 0.241 e. The molecule has 20 heavy (non-hydrogen) atoms. The lowest BCUT2D eigenvalue weighted by Gasteiger charge is -2.28. The second-order valence-corrected chi connectivity index (χ2v) is 6.50. The van der Waals surface area contributed by atoms with Crippen LogP contribution in [0.4, 0.5) is 0 Å². The second-order valence-electron chi connectivity index (χ2n) is 6.50. The molecule has 1 amide bonds. The van der Waals surface area contributed by atoms with Gasteiger partial charge in [-0.05, 0) is 38.0 Å². The summed E-state index contributed by atoms with van der Waals surface area (Å²) in [5.41, 5.74) is 0. The van der Waals surface area contributed by atoms with E-state index in [1.165, 1.54) is 12.8 Å². The summed E-state index contributed by atoms with van der Waals surface area (Å²) in [4.78, 5) is 14.6. The minimum absolute atomic E-state index is 0.00109. The standard InChI is InChI=1S/C16H30N2O2/c1-4-7-14-17-15(12(2)3)16(19)18(14)10-9-13-8-5-6-11-20-13/h12-15,17H,4-11H2,1-3H3. The van der Waals surface area contributed by atoms with Gasteiger partial charge in [0.2, 0.25) is 5.91 Å². The van der Waals surface area contributed by atoms with Crippen LogP contribution in [-0.2, 0) is 9.53 Å². The average molecular weight is 282 g/mol. The quantitative estimate of drug-likeness (QED) is 0.814. The highest BCUT2D eigenvalue weighted by Gasteiger charge is 2.39. The number of carbonyl (C=O) groups is 1. The van der Waals surface area contributed by atoms with E-state index in [1.54, 1.807) is 0 Å². The fourth-order valence-electron chi connectivity index (χ4n) is 3.28. The van der Waals surface area contributed by atoms with E-state index < -0.39 is 0 Å². The Morgan fingerprint density at radius 1 is 1.35 bits per heavy atom. The van der Waals surface area contributed by atoms with Crippen LogP contribution in [0.5, 0.6) is 0 Å². The van der Waals surface area contributed by atoms with Gasteiger partial charge in [0.1, 0.15) is 0 Å².